The Morgan fingerprint density at radius 3 is 1.72 bits per heavy atom. The lowest BCUT2D eigenvalue weighted by Gasteiger charge is -2.28. The number of hydrogen-bond acceptors (Lipinski definition) is 5. The van der Waals surface area contributed by atoms with Crippen molar-refractivity contribution in [1.82, 2.24) is 0 Å². The van der Waals surface area contributed by atoms with E-state index in [-0.39, 0.29) is 12.5 Å². The van der Waals surface area contributed by atoms with Gasteiger partial charge in [-0.1, -0.05) is 50.2 Å². The normalized spacial score (nSPS) is 12.5. The summed E-state index contributed by atoms with van der Waals surface area (Å²) in [5.41, 5.74) is -1.03. The van der Waals surface area contributed by atoms with Gasteiger partial charge in [0, 0.05) is 0 Å². The van der Waals surface area contributed by atoms with E-state index in [1.54, 1.807) is 69.3 Å². The van der Waals surface area contributed by atoms with Gasteiger partial charge in [-0.3, -0.25) is 4.79 Å². The zero-order valence-corrected chi connectivity index (χ0v) is 15.5. The van der Waals surface area contributed by atoms with Crippen LogP contribution >= 0.6 is 7.60 Å². The second-order valence-corrected chi connectivity index (χ2v) is 7.79. The molecule has 25 heavy (non-hydrogen) atoms. The van der Waals surface area contributed by atoms with Crippen LogP contribution in [-0.4, -0.2) is 18.2 Å². The smallest absolute Gasteiger partial charge is 0.445 e. The number of ether oxygens (including phenoxy) is 1. The van der Waals surface area contributed by atoms with Crippen LogP contribution < -0.4 is 9.05 Å². The Morgan fingerprint density at radius 2 is 1.36 bits per heavy atom. The van der Waals surface area contributed by atoms with Crippen molar-refractivity contribution < 1.29 is 23.1 Å². The van der Waals surface area contributed by atoms with Gasteiger partial charge in [-0.2, -0.15) is 0 Å². The topological polar surface area (TPSA) is 61.8 Å². The van der Waals surface area contributed by atoms with Crippen molar-refractivity contribution in [2.75, 3.05) is 6.61 Å². The van der Waals surface area contributed by atoms with E-state index in [0.29, 0.717) is 11.5 Å². The van der Waals surface area contributed by atoms with Crippen LogP contribution in [0.15, 0.2) is 60.7 Å². The quantitative estimate of drug-likeness (QED) is 0.492. The molecule has 0 radical (unpaired) electrons. The van der Waals surface area contributed by atoms with Crippen LogP contribution in [0, 0.1) is 5.92 Å². The van der Waals surface area contributed by atoms with Crippen LogP contribution in [0.5, 0.6) is 11.5 Å². The maximum absolute atomic E-state index is 13.7. The Hall–Kier alpha value is -2.26. The first kappa shape index (κ1) is 19.1. The molecule has 5 nitrogen and oxygen atoms in total. The first-order valence-electron chi connectivity index (χ1n) is 8.22. The Labute approximate surface area is 148 Å². The highest BCUT2D eigenvalue weighted by Crippen LogP contribution is 2.55. The SMILES string of the molecule is CCOC(=O)C(C(C)C)P(=O)(Oc1ccccc1)Oc1ccccc1. The minimum atomic E-state index is -3.89. The molecule has 2 rings (SSSR count). The minimum Gasteiger partial charge on any atom is -0.465 e. The lowest BCUT2D eigenvalue weighted by atomic mass is 10.1. The Balaban J connectivity index is 2.42. The fourth-order valence-electron chi connectivity index (χ4n) is 2.38. The molecule has 0 bridgehead atoms. The van der Waals surface area contributed by atoms with Gasteiger partial charge in [-0.25, -0.2) is 4.57 Å². The van der Waals surface area contributed by atoms with E-state index >= 15 is 0 Å². The van der Waals surface area contributed by atoms with Crippen molar-refractivity contribution in [2.45, 2.75) is 26.4 Å². The van der Waals surface area contributed by atoms with Gasteiger partial charge in [0.1, 0.15) is 11.5 Å². The molecule has 1 atom stereocenters. The summed E-state index contributed by atoms with van der Waals surface area (Å²) in [6, 6.07) is 17.4. The van der Waals surface area contributed by atoms with Gasteiger partial charge < -0.3 is 13.8 Å². The first-order chi connectivity index (χ1) is 12.0. The summed E-state index contributed by atoms with van der Waals surface area (Å²) in [5.74, 6) is -0.140. The molecular formula is C19H23O5P. The zero-order valence-electron chi connectivity index (χ0n) is 14.6. The number of para-hydroxylation sites is 2. The van der Waals surface area contributed by atoms with E-state index in [1.807, 2.05) is 12.1 Å². The molecule has 0 aliphatic carbocycles. The first-order valence-corrected chi connectivity index (χ1v) is 9.83. The average molecular weight is 362 g/mol. The molecule has 1 unspecified atom stereocenters. The zero-order chi connectivity index (χ0) is 18.3. The van der Waals surface area contributed by atoms with Gasteiger partial charge in [-0.05, 0) is 37.1 Å². The summed E-state index contributed by atoms with van der Waals surface area (Å²) < 4.78 is 30.2. The van der Waals surface area contributed by atoms with Crippen LogP contribution in [0.3, 0.4) is 0 Å². The molecule has 134 valence electrons. The number of carbonyl (C=O) groups excluding carboxylic acids is 1. The lowest BCUT2D eigenvalue weighted by molar-refractivity contribution is -0.143. The predicted octanol–water partition coefficient (Wildman–Crippen LogP) is 4.93. The summed E-state index contributed by atoms with van der Waals surface area (Å²) in [6.07, 6.45) is 0. The van der Waals surface area contributed by atoms with Gasteiger partial charge in [0.15, 0.2) is 5.66 Å². The largest absolute Gasteiger partial charge is 0.465 e. The average Bonchev–Trinajstić information content (AvgIpc) is 2.56. The number of benzene rings is 2. The van der Waals surface area contributed by atoms with Crippen LogP contribution in [0.25, 0.3) is 0 Å². The molecule has 2 aromatic carbocycles. The molecule has 0 fully saturated rings. The standard InChI is InChI=1S/C19H23O5P/c1-4-22-19(20)18(15(2)3)25(21,23-16-11-7-5-8-12-16)24-17-13-9-6-10-14-17/h5-15,18H,4H2,1-3H3. The van der Waals surface area contributed by atoms with Crippen molar-refractivity contribution in [2.24, 2.45) is 5.92 Å². The molecule has 0 amide bonds. The van der Waals surface area contributed by atoms with Crippen molar-refractivity contribution >= 4 is 13.6 Å². The third-order valence-corrected chi connectivity index (χ3v) is 5.87. The van der Waals surface area contributed by atoms with E-state index in [0.717, 1.165) is 0 Å². The van der Waals surface area contributed by atoms with Gasteiger partial charge in [0.2, 0.25) is 0 Å². The third kappa shape index (κ3) is 5.10. The molecular weight excluding hydrogens is 339 g/mol. The number of esters is 1. The van der Waals surface area contributed by atoms with Crippen LogP contribution in [0.4, 0.5) is 0 Å². The van der Waals surface area contributed by atoms with Gasteiger partial charge in [0.25, 0.3) is 0 Å². The van der Waals surface area contributed by atoms with Crippen LogP contribution in [0.1, 0.15) is 20.8 Å². The van der Waals surface area contributed by atoms with E-state index in [4.69, 9.17) is 13.8 Å². The van der Waals surface area contributed by atoms with Crippen molar-refractivity contribution in [3.05, 3.63) is 60.7 Å². The molecule has 0 saturated carbocycles. The minimum absolute atomic E-state index is 0.193. The third-order valence-electron chi connectivity index (χ3n) is 3.45. The van der Waals surface area contributed by atoms with Crippen molar-refractivity contribution in [3.8, 4) is 11.5 Å². The molecule has 6 heteroatoms. The highest BCUT2D eigenvalue weighted by atomic mass is 31.2. The second-order valence-electron chi connectivity index (χ2n) is 5.79. The maximum Gasteiger partial charge on any atom is 0.445 e. The lowest BCUT2D eigenvalue weighted by Crippen LogP contribution is -2.32. The van der Waals surface area contributed by atoms with Crippen LogP contribution in [-0.2, 0) is 14.1 Å². The molecule has 0 N–H and O–H groups in total. The molecule has 0 heterocycles. The summed E-state index contributed by atoms with van der Waals surface area (Å²) in [4.78, 5) is 12.5. The highest BCUT2D eigenvalue weighted by molar-refractivity contribution is 7.56. The van der Waals surface area contributed by atoms with E-state index in [1.165, 1.54) is 0 Å². The van der Waals surface area contributed by atoms with E-state index < -0.39 is 19.2 Å². The summed E-state index contributed by atoms with van der Waals surface area (Å²) in [5, 5.41) is 0. The Bertz CT molecular complexity index is 670. The van der Waals surface area contributed by atoms with Gasteiger partial charge in [-0.15, -0.1) is 0 Å². The highest BCUT2D eigenvalue weighted by Gasteiger charge is 2.47. The molecule has 0 aromatic heterocycles. The fraction of sp³-hybridized carbons (Fsp3) is 0.316. The van der Waals surface area contributed by atoms with Gasteiger partial charge >= 0.3 is 13.6 Å². The van der Waals surface area contributed by atoms with E-state index in [2.05, 4.69) is 0 Å². The summed E-state index contributed by atoms with van der Waals surface area (Å²) >= 11 is 0. The Kier molecular flexibility index (Phi) is 6.65. The predicted molar refractivity (Wildman–Crippen MR) is 97.0 cm³/mol. The number of rotatable bonds is 8. The molecule has 0 aliphatic heterocycles. The molecule has 0 aliphatic rings. The molecule has 2 aromatic rings. The van der Waals surface area contributed by atoms with E-state index in [9.17, 15) is 9.36 Å². The number of carbonyl (C=O) groups is 1. The second kappa shape index (κ2) is 8.72. The number of hydrogen-bond donors (Lipinski definition) is 0. The maximum atomic E-state index is 13.7. The van der Waals surface area contributed by atoms with Gasteiger partial charge in [0.05, 0.1) is 6.61 Å². The van der Waals surface area contributed by atoms with Crippen molar-refractivity contribution in [3.63, 3.8) is 0 Å². The van der Waals surface area contributed by atoms with Crippen LogP contribution in [0.2, 0.25) is 0 Å². The summed E-state index contributed by atoms with van der Waals surface area (Å²) in [6.45, 7) is 5.48. The molecule has 0 spiro atoms. The monoisotopic (exact) mass is 362 g/mol. The fourth-order valence-corrected chi connectivity index (χ4v) is 4.54. The van der Waals surface area contributed by atoms with Crippen molar-refractivity contribution in [1.29, 1.82) is 0 Å². The Morgan fingerprint density at radius 1 is 0.920 bits per heavy atom. The molecule has 0 saturated heterocycles. The summed E-state index contributed by atoms with van der Waals surface area (Å²) in [7, 11) is -3.89.